The van der Waals surface area contributed by atoms with Crippen molar-refractivity contribution in [3.63, 3.8) is 0 Å². The highest BCUT2D eigenvalue weighted by molar-refractivity contribution is 5.57. The van der Waals surface area contributed by atoms with Crippen molar-refractivity contribution in [2.75, 3.05) is 4.90 Å². The van der Waals surface area contributed by atoms with E-state index in [0.717, 1.165) is 24.3 Å². The minimum absolute atomic E-state index is 0.426. The van der Waals surface area contributed by atoms with Crippen molar-refractivity contribution in [2.24, 2.45) is 0 Å². The van der Waals surface area contributed by atoms with Crippen LogP contribution in [0.5, 0.6) is 0 Å². The van der Waals surface area contributed by atoms with E-state index in [2.05, 4.69) is 35.2 Å². The molecule has 0 fully saturated rings. The monoisotopic (exact) mass is 239 g/mol. The van der Waals surface area contributed by atoms with E-state index < -0.39 is 6.10 Å². The smallest absolute Gasteiger partial charge is 0.0781 e. The third kappa shape index (κ3) is 1.89. The first kappa shape index (κ1) is 11.3. The van der Waals surface area contributed by atoms with E-state index in [1.165, 1.54) is 11.1 Å². The van der Waals surface area contributed by atoms with Crippen LogP contribution >= 0.6 is 0 Å². The van der Waals surface area contributed by atoms with Crippen molar-refractivity contribution >= 4 is 5.69 Å². The Kier molecular flexibility index (Phi) is 2.80. The molecule has 2 nitrogen and oxygen atoms in total. The second kappa shape index (κ2) is 4.46. The van der Waals surface area contributed by atoms with Gasteiger partial charge < -0.3 is 10.0 Å². The molecule has 0 aromatic heterocycles. The molecular weight excluding hydrogens is 222 g/mol. The number of nitrogens with zero attached hydrogens (tertiary/aromatic N) is 1. The molecule has 0 bridgehead atoms. The average Bonchev–Trinajstić information content (AvgIpc) is 2.82. The fourth-order valence-corrected chi connectivity index (χ4v) is 2.63. The largest absolute Gasteiger partial charge is 0.389 e. The number of benzene rings is 2. The number of fused-ring (bicyclic) bond motifs is 1. The summed E-state index contributed by atoms with van der Waals surface area (Å²) in [5, 5.41) is 9.86. The van der Waals surface area contributed by atoms with Gasteiger partial charge in [0.2, 0.25) is 0 Å². The van der Waals surface area contributed by atoms with Gasteiger partial charge in [0.05, 0.1) is 6.10 Å². The van der Waals surface area contributed by atoms with Gasteiger partial charge in [-0.05, 0) is 24.1 Å². The van der Waals surface area contributed by atoms with Crippen LogP contribution in [0.1, 0.15) is 29.7 Å². The van der Waals surface area contributed by atoms with Crippen molar-refractivity contribution in [3.05, 3.63) is 65.2 Å². The Morgan fingerprint density at radius 2 is 1.50 bits per heavy atom. The predicted molar refractivity (Wildman–Crippen MR) is 73.4 cm³/mol. The molecule has 1 N–H and O–H groups in total. The van der Waals surface area contributed by atoms with E-state index in [1.54, 1.807) is 0 Å². The second-order valence-corrected chi connectivity index (χ2v) is 4.86. The topological polar surface area (TPSA) is 23.5 Å². The maximum atomic E-state index is 9.86. The molecule has 2 aromatic carbocycles. The average molecular weight is 239 g/mol. The summed E-state index contributed by atoms with van der Waals surface area (Å²) in [5.74, 6) is 0. The normalized spacial score (nSPS) is 15.6. The molecule has 1 heterocycles. The minimum Gasteiger partial charge on any atom is -0.389 e. The first-order chi connectivity index (χ1) is 8.75. The number of aliphatic hydroxyl groups excluding tert-OH is 1. The highest BCUT2D eigenvalue weighted by Crippen LogP contribution is 2.32. The molecule has 0 aliphatic carbocycles. The van der Waals surface area contributed by atoms with Crippen LogP contribution in [-0.4, -0.2) is 5.11 Å². The standard InChI is InChI=1S/C16H17NO/c1-12(18)15-8-4-5-9-16(15)17-10-13-6-2-3-7-14(13)11-17/h2-9,12,18H,10-11H2,1H3/t12-/m1/s1. The Bertz CT molecular complexity index is 538. The summed E-state index contributed by atoms with van der Waals surface area (Å²) in [5.41, 5.74) is 4.92. The number of rotatable bonds is 2. The van der Waals surface area contributed by atoms with Crippen molar-refractivity contribution in [1.82, 2.24) is 0 Å². The Morgan fingerprint density at radius 3 is 2.11 bits per heavy atom. The Labute approximate surface area is 107 Å². The zero-order valence-corrected chi connectivity index (χ0v) is 10.5. The number of hydrogen-bond acceptors (Lipinski definition) is 2. The lowest BCUT2D eigenvalue weighted by Crippen LogP contribution is -2.17. The summed E-state index contributed by atoms with van der Waals surface area (Å²) in [7, 11) is 0. The summed E-state index contributed by atoms with van der Waals surface area (Å²) < 4.78 is 0. The SMILES string of the molecule is C[C@@H](O)c1ccccc1N1Cc2ccccc2C1. The van der Waals surface area contributed by atoms with Gasteiger partial charge in [-0.15, -0.1) is 0 Å². The van der Waals surface area contributed by atoms with Crippen LogP contribution in [0.3, 0.4) is 0 Å². The maximum Gasteiger partial charge on any atom is 0.0781 e. The van der Waals surface area contributed by atoms with E-state index >= 15 is 0 Å². The van der Waals surface area contributed by atoms with Crippen LogP contribution in [-0.2, 0) is 13.1 Å². The maximum absolute atomic E-state index is 9.86. The third-order valence-corrected chi connectivity index (χ3v) is 3.57. The van der Waals surface area contributed by atoms with E-state index in [1.807, 2.05) is 25.1 Å². The zero-order valence-electron chi connectivity index (χ0n) is 10.5. The lowest BCUT2D eigenvalue weighted by atomic mass is 10.1. The van der Waals surface area contributed by atoms with Gasteiger partial charge in [-0.2, -0.15) is 0 Å². The van der Waals surface area contributed by atoms with E-state index in [4.69, 9.17) is 0 Å². The Balaban J connectivity index is 1.95. The molecule has 0 spiro atoms. The van der Waals surface area contributed by atoms with Gasteiger partial charge in [0.1, 0.15) is 0 Å². The quantitative estimate of drug-likeness (QED) is 0.869. The second-order valence-electron chi connectivity index (χ2n) is 4.86. The van der Waals surface area contributed by atoms with E-state index in [0.29, 0.717) is 0 Å². The number of hydrogen-bond donors (Lipinski definition) is 1. The molecule has 92 valence electrons. The summed E-state index contributed by atoms with van der Waals surface area (Å²) in [6.45, 7) is 3.68. The lowest BCUT2D eigenvalue weighted by Gasteiger charge is -2.22. The molecule has 0 amide bonds. The molecule has 2 heteroatoms. The molecular formula is C16H17NO. The zero-order chi connectivity index (χ0) is 12.5. The first-order valence-electron chi connectivity index (χ1n) is 6.34. The summed E-state index contributed by atoms with van der Waals surface area (Å²) >= 11 is 0. The van der Waals surface area contributed by atoms with E-state index in [9.17, 15) is 5.11 Å². The highest BCUT2D eigenvalue weighted by Gasteiger charge is 2.21. The van der Waals surface area contributed by atoms with Crippen LogP contribution in [0.25, 0.3) is 0 Å². The first-order valence-corrected chi connectivity index (χ1v) is 6.34. The van der Waals surface area contributed by atoms with Gasteiger partial charge in [0, 0.05) is 24.3 Å². The minimum atomic E-state index is -0.426. The Morgan fingerprint density at radius 1 is 0.944 bits per heavy atom. The molecule has 18 heavy (non-hydrogen) atoms. The lowest BCUT2D eigenvalue weighted by molar-refractivity contribution is 0.199. The third-order valence-electron chi connectivity index (χ3n) is 3.57. The van der Waals surface area contributed by atoms with Crippen molar-refractivity contribution in [1.29, 1.82) is 0 Å². The Hall–Kier alpha value is -1.80. The molecule has 3 rings (SSSR count). The number of anilines is 1. The van der Waals surface area contributed by atoms with Crippen LogP contribution in [0.2, 0.25) is 0 Å². The molecule has 0 unspecified atom stereocenters. The van der Waals surface area contributed by atoms with Gasteiger partial charge in [-0.1, -0.05) is 42.5 Å². The molecule has 0 saturated heterocycles. The molecule has 0 saturated carbocycles. The van der Waals surface area contributed by atoms with Crippen molar-refractivity contribution in [2.45, 2.75) is 26.1 Å². The summed E-state index contributed by atoms with van der Waals surface area (Å²) in [6.07, 6.45) is -0.426. The van der Waals surface area contributed by atoms with Crippen LogP contribution in [0.15, 0.2) is 48.5 Å². The molecule has 1 aliphatic rings. The van der Waals surface area contributed by atoms with Crippen LogP contribution in [0.4, 0.5) is 5.69 Å². The molecule has 1 aliphatic heterocycles. The van der Waals surface area contributed by atoms with Crippen LogP contribution in [0, 0.1) is 0 Å². The van der Waals surface area contributed by atoms with Gasteiger partial charge in [-0.3, -0.25) is 0 Å². The number of aliphatic hydroxyl groups is 1. The fourth-order valence-electron chi connectivity index (χ4n) is 2.63. The summed E-state index contributed by atoms with van der Waals surface area (Å²) in [4.78, 5) is 2.33. The predicted octanol–water partition coefficient (Wildman–Crippen LogP) is 3.26. The van der Waals surface area contributed by atoms with Gasteiger partial charge in [-0.25, -0.2) is 0 Å². The van der Waals surface area contributed by atoms with Gasteiger partial charge in [0.15, 0.2) is 0 Å². The molecule has 1 atom stereocenters. The van der Waals surface area contributed by atoms with Crippen molar-refractivity contribution < 1.29 is 5.11 Å². The van der Waals surface area contributed by atoms with Gasteiger partial charge in [0.25, 0.3) is 0 Å². The molecule has 0 radical (unpaired) electrons. The van der Waals surface area contributed by atoms with Gasteiger partial charge >= 0.3 is 0 Å². The summed E-state index contributed by atoms with van der Waals surface area (Å²) in [6, 6.07) is 16.6. The highest BCUT2D eigenvalue weighted by atomic mass is 16.3. The number of para-hydroxylation sites is 1. The van der Waals surface area contributed by atoms with E-state index in [-0.39, 0.29) is 0 Å². The van der Waals surface area contributed by atoms with Crippen molar-refractivity contribution in [3.8, 4) is 0 Å². The van der Waals surface area contributed by atoms with Crippen LogP contribution < -0.4 is 4.90 Å². The molecule has 2 aromatic rings. The fraction of sp³-hybridized carbons (Fsp3) is 0.250.